The Kier molecular flexibility index (Phi) is 2.79. The lowest BCUT2D eigenvalue weighted by Gasteiger charge is -2.33. The number of methoxy groups -OCH3 is 1. The Labute approximate surface area is 92.6 Å². The van der Waals surface area contributed by atoms with Gasteiger partial charge in [-0.05, 0) is 52.4 Å². The summed E-state index contributed by atoms with van der Waals surface area (Å²) in [6.45, 7) is 0. The first-order valence-corrected chi connectivity index (χ1v) is 5.59. The highest BCUT2D eigenvalue weighted by Crippen LogP contribution is 2.38. The van der Waals surface area contributed by atoms with Crippen LogP contribution in [0.1, 0.15) is 24.3 Å². The van der Waals surface area contributed by atoms with Crippen LogP contribution in [0.5, 0.6) is 5.75 Å². The zero-order chi connectivity index (χ0) is 10.1. The van der Waals surface area contributed by atoms with Crippen LogP contribution in [-0.4, -0.2) is 13.2 Å². The molecule has 1 aliphatic rings. The predicted molar refractivity (Wildman–Crippen MR) is 60.6 cm³/mol. The van der Waals surface area contributed by atoms with Crippen molar-refractivity contribution in [3.63, 3.8) is 0 Å². The molecule has 14 heavy (non-hydrogen) atoms. The molecule has 0 saturated heterocycles. The van der Waals surface area contributed by atoms with Crippen LogP contribution in [0.3, 0.4) is 0 Å². The van der Waals surface area contributed by atoms with E-state index in [1.54, 1.807) is 7.11 Å². The SMILES string of the molecule is COc1ccc(C2CC(N)C2)cc1Br. The third kappa shape index (κ3) is 1.79. The van der Waals surface area contributed by atoms with Crippen molar-refractivity contribution in [3.8, 4) is 5.75 Å². The summed E-state index contributed by atoms with van der Waals surface area (Å²) in [6, 6.07) is 6.67. The first-order chi connectivity index (χ1) is 6.70. The van der Waals surface area contributed by atoms with Crippen LogP contribution < -0.4 is 10.5 Å². The number of halogens is 1. The van der Waals surface area contributed by atoms with E-state index in [2.05, 4.69) is 28.1 Å². The Morgan fingerprint density at radius 2 is 2.14 bits per heavy atom. The van der Waals surface area contributed by atoms with E-state index in [1.165, 1.54) is 5.56 Å². The summed E-state index contributed by atoms with van der Waals surface area (Å²) in [5.41, 5.74) is 7.12. The molecule has 0 spiro atoms. The minimum Gasteiger partial charge on any atom is -0.496 e. The Bertz CT molecular complexity index is 334. The van der Waals surface area contributed by atoms with Gasteiger partial charge in [0.25, 0.3) is 0 Å². The summed E-state index contributed by atoms with van der Waals surface area (Å²) in [5.74, 6) is 1.53. The molecule has 1 fully saturated rings. The van der Waals surface area contributed by atoms with Gasteiger partial charge in [0, 0.05) is 6.04 Å². The summed E-state index contributed by atoms with van der Waals surface area (Å²) in [4.78, 5) is 0. The van der Waals surface area contributed by atoms with E-state index in [4.69, 9.17) is 10.5 Å². The van der Waals surface area contributed by atoms with E-state index in [0.717, 1.165) is 23.1 Å². The van der Waals surface area contributed by atoms with E-state index < -0.39 is 0 Å². The van der Waals surface area contributed by atoms with Gasteiger partial charge in [-0.3, -0.25) is 0 Å². The molecule has 3 heteroatoms. The Morgan fingerprint density at radius 1 is 1.43 bits per heavy atom. The summed E-state index contributed by atoms with van der Waals surface area (Å²) in [7, 11) is 1.68. The van der Waals surface area contributed by atoms with E-state index in [9.17, 15) is 0 Å². The van der Waals surface area contributed by atoms with Gasteiger partial charge >= 0.3 is 0 Å². The molecular formula is C11H14BrNO. The molecule has 0 unspecified atom stereocenters. The maximum absolute atomic E-state index is 5.76. The average Bonchev–Trinajstić information content (AvgIpc) is 2.13. The summed E-state index contributed by atoms with van der Waals surface area (Å²) in [5, 5.41) is 0. The standard InChI is InChI=1S/C11H14BrNO/c1-14-11-3-2-7(6-10(11)12)8-4-9(13)5-8/h2-3,6,8-9H,4-5,13H2,1H3. The molecule has 0 amide bonds. The number of rotatable bonds is 2. The fraction of sp³-hybridized carbons (Fsp3) is 0.455. The van der Waals surface area contributed by atoms with Gasteiger partial charge in [0.05, 0.1) is 11.6 Å². The van der Waals surface area contributed by atoms with Crippen molar-refractivity contribution in [2.45, 2.75) is 24.8 Å². The second-order valence-electron chi connectivity index (χ2n) is 3.82. The van der Waals surface area contributed by atoms with Gasteiger partial charge in [0.2, 0.25) is 0 Å². The third-order valence-electron chi connectivity index (χ3n) is 2.82. The lowest BCUT2D eigenvalue weighted by Crippen LogP contribution is -2.34. The third-order valence-corrected chi connectivity index (χ3v) is 3.44. The predicted octanol–water partition coefficient (Wildman–Crippen LogP) is 2.66. The summed E-state index contributed by atoms with van der Waals surface area (Å²) >= 11 is 3.49. The molecule has 1 aliphatic carbocycles. The van der Waals surface area contributed by atoms with Gasteiger partial charge < -0.3 is 10.5 Å². The lowest BCUT2D eigenvalue weighted by atomic mass is 9.76. The van der Waals surface area contributed by atoms with Gasteiger partial charge in [-0.2, -0.15) is 0 Å². The van der Waals surface area contributed by atoms with Crippen molar-refractivity contribution in [1.29, 1.82) is 0 Å². The number of benzene rings is 1. The molecule has 2 nitrogen and oxygen atoms in total. The second kappa shape index (κ2) is 3.91. The summed E-state index contributed by atoms with van der Waals surface area (Å²) in [6.07, 6.45) is 2.22. The maximum Gasteiger partial charge on any atom is 0.133 e. The molecular weight excluding hydrogens is 242 g/mol. The first kappa shape index (κ1) is 9.99. The molecule has 0 aromatic heterocycles. The van der Waals surface area contributed by atoms with Crippen LogP contribution in [-0.2, 0) is 0 Å². The fourth-order valence-electron chi connectivity index (χ4n) is 1.87. The highest BCUT2D eigenvalue weighted by molar-refractivity contribution is 9.10. The topological polar surface area (TPSA) is 35.2 Å². The van der Waals surface area contributed by atoms with Crippen LogP contribution in [0.4, 0.5) is 0 Å². The van der Waals surface area contributed by atoms with Crippen molar-refractivity contribution in [1.82, 2.24) is 0 Å². The van der Waals surface area contributed by atoms with E-state index in [0.29, 0.717) is 12.0 Å². The highest BCUT2D eigenvalue weighted by atomic mass is 79.9. The largest absolute Gasteiger partial charge is 0.496 e. The van der Waals surface area contributed by atoms with Gasteiger partial charge in [-0.15, -0.1) is 0 Å². The molecule has 0 radical (unpaired) electrons. The van der Waals surface area contributed by atoms with Gasteiger partial charge in [-0.1, -0.05) is 6.07 Å². The smallest absolute Gasteiger partial charge is 0.133 e. The number of ether oxygens (including phenoxy) is 1. The van der Waals surface area contributed by atoms with Crippen LogP contribution in [0, 0.1) is 0 Å². The number of hydrogen-bond donors (Lipinski definition) is 1. The van der Waals surface area contributed by atoms with Crippen molar-refractivity contribution in [3.05, 3.63) is 28.2 Å². The molecule has 76 valence electrons. The second-order valence-corrected chi connectivity index (χ2v) is 4.68. The first-order valence-electron chi connectivity index (χ1n) is 4.79. The quantitative estimate of drug-likeness (QED) is 0.882. The normalized spacial score (nSPS) is 25.6. The Hall–Kier alpha value is -0.540. The minimum absolute atomic E-state index is 0.404. The fourth-order valence-corrected chi connectivity index (χ4v) is 2.43. The lowest BCUT2D eigenvalue weighted by molar-refractivity contribution is 0.350. The van der Waals surface area contributed by atoms with Crippen molar-refractivity contribution in [2.75, 3.05) is 7.11 Å². The van der Waals surface area contributed by atoms with Crippen molar-refractivity contribution < 1.29 is 4.74 Å². The van der Waals surface area contributed by atoms with E-state index >= 15 is 0 Å². The van der Waals surface area contributed by atoms with Crippen LogP contribution in [0.15, 0.2) is 22.7 Å². The zero-order valence-electron chi connectivity index (χ0n) is 8.16. The minimum atomic E-state index is 0.404. The molecule has 1 aromatic carbocycles. The molecule has 1 aromatic rings. The van der Waals surface area contributed by atoms with Gasteiger partial charge in [0.1, 0.15) is 5.75 Å². The molecule has 2 rings (SSSR count). The van der Waals surface area contributed by atoms with E-state index in [-0.39, 0.29) is 0 Å². The molecule has 2 N–H and O–H groups in total. The van der Waals surface area contributed by atoms with Crippen LogP contribution in [0.2, 0.25) is 0 Å². The molecule has 0 aliphatic heterocycles. The van der Waals surface area contributed by atoms with Crippen LogP contribution >= 0.6 is 15.9 Å². The Morgan fingerprint density at radius 3 is 2.64 bits per heavy atom. The molecule has 1 saturated carbocycles. The van der Waals surface area contributed by atoms with Crippen molar-refractivity contribution >= 4 is 15.9 Å². The van der Waals surface area contributed by atoms with Crippen LogP contribution in [0.25, 0.3) is 0 Å². The molecule has 0 atom stereocenters. The van der Waals surface area contributed by atoms with E-state index in [1.807, 2.05) is 6.07 Å². The van der Waals surface area contributed by atoms with Gasteiger partial charge in [-0.25, -0.2) is 0 Å². The average molecular weight is 256 g/mol. The van der Waals surface area contributed by atoms with Crippen molar-refractivity contribution in [2.24, 2.45) is 5.73 Å². The Balaban J connectivity index is 2.16. The summed E-state index contributed by atoms with van der Waals surface area (Å²) < 4.78 is 6.21. The zero-order valence-corrected chi connectivity index (χ0v) is 9.75. The number of hydrogen-bond acceptors (Lipinski definition) is 2. The van der Waals surface area contributed by atoms with Gasteiger partial charge in [0.15, 0.2) is 0 Å². The highest BCUT2D eigenvalue weighted by Gasteiger charge is 2.27. The maximum atomic E-state index is 5.76. The number of nitrogens with two attached hydrogens (primary N) is 1. The molecule has 0 heterocycles. The molecule has 0 bridgehead atoms. The monoisotopic (exact) mass is 255 g/mol.